The van der Waals surface area contributed by atoms with Crippen molar-refractivity contribution in [2.75, 3.05) is 18.5 Å². The van der Waals surface area contributed by atoms with Gasteiger partial charge < -0.3 is 10.4 Å². The van der Waals surface area contributed by atoms with Gasteiger partial charge in [-0.2, -0.15) is 0 Å². The Balaban J connectivity index is 2.21. The lowest BCUT2D eigenvalue weighted by Crippen LogP contribution is -2.34. The third kappa shape index (κ3) is 2.66. The van der Waals surface area contributed by atoms with E-state index in [4.69, 9.17) is 5.11 Å². The summed E-state index contributed by atoms with van der Waals surface area (Å²) in [5, 5.41) is 11.3. The van der Waals surface area contributed by atoms with Crippen molar-refractivity contribution in [3.05, 3.63) is 40.3 Å². The van der Waals surface area contributed by atoms with E-state index in [1.165, 1.54) is 12.1 Å². The van der Waals surface area contributed by atoms with Crippen molar-refractivity contribution in [1.82, 2.24) is 4.90 Å². The Labute approximate surface area is 116 Å². The van der Waals surface area contributed by atoms with Gasteiger partial charge in [0.1, 0.15) is 5.70 Å². The van der Waals surface area contributed by atoms with Crippen LogP contribution in [0.1, 0.15) is 0 Å². The highest BCUT2D eigenvalue weighted by Gasteiger charge is 2.31. The number of aliphatic hydroxyl groups excluding tert-OH is 1. The number of rotatable bonds is 4. The van der Waals surface area contributed by atoms with Gasteiger partial charge >= 0.3 is 0 Å². The number of benzene rings is 1. The van der Waals surface area contributed by atoms with E-state index in [0.717, 1.165) is 11.0 Å². The van der Waals surface area contributed by atoms with Crippen molar-refractivity contribution in [3.8, 4) is 0 Å². The molecule has 2 N–H and O–H groups in total. The van der Waals surface area contributed by atoms with Crippen LogP contribution in [0.25, 0.3) is 0 Å². The third-order valence-corrected chi connectivity index (χ3v) is 3.17. The molecule has 1 heterocycles. The van der Waals surface area contributed by atoms with Crippen molar-refractivity contribution in [3.63, 3.8) is 0 Å². The molecule has 2 rings (SSSR count). The summed E-state index contributed by atoms with van der Waals surface area (Å²) in [6.07, 6.45) is 1.08. The molecule has 0 saturated carbocycles. The number of carbonyl (C=O) groups excluding carboxylic acids is 2. The normalized spacial score (nSPS) is 14.9. The number of nitrogens with zero attached hydrogens (tertiary/aromatic N) is 1. The van der Waals surface area contributed by atoms with Crippen LogP contribution in [0.3, 0.4) is 0 Å². The Morgan fingerprint density at radius 2 is 2.11 bits per heavy atom. The van der Waals surface area contributed by atoms with Crippen LogP contribution in [0.2, 0.25) is 0 Å². The van der Waals surface area contributed by atoms with Crippen LogP contribution < -0.4 is 5.32 Å². The number of aliphatic hydroxyl groups is 1. The smallest absolute Gasteiger partial charge is 0.277 e. The quantitative estimate of drug-likeness (QED) is 0.816. The van der Waals surface area contributed by atoms with E-state index >= 15 is 0 Å². The lowest BCUT2D eigenvalue weighted by atomic mass is 10.3. The number of β-amino-alcohol motifs (C(OH)–C–C–N with tert-alkyl or cyclic N) is 1. The van der Waals surface area contributed by atoms with Crippen LogP contribution in [0, 0.1) is 5.82 Å². The first-order valence-corrected chi connectivity index (χ1v) is 6.23. The number of hydrogen-bond donors (Lipinski definition) is 2. The van der Waals surface area contributed by atoms with Gasteiger partial charge in [0, 0.05) is 6.08 Å². The molecule has 0 fully saturated rings. The van der Waals surface area contributed by atoms with E-state index in [1.54, 1.807) is 6.07 Å². The summed E-state index contributed by atoms with van der Waals surface area (Å²) in [5.41, 5.74) is 0.0723. The second-order valence-electron chi connectivity index (χ2n) is 3.80. The predicted octanol–water partition coefficient (Wildman–Crippen LogP) is 1.25. The molecule has 1 aromatic carbocycles. The van der Waals surface area contributed by atoms with Crippen LogP contribution in [0.5, 0.6) is 0 Å². The number of nitrogens with one attached hydrogen (secondary N) is 1. The highest BCUT2D eigenvalue weighted by atomic mass is 79.9. The van der Waals surface area contributed by atoms with Gasteiger partial charge in [0.15, 0.2) is 5.82 Å². The van der Waals surface area contributed by atoms with E-state index in [0.29, 0.717) is 0 Å². The van der Waals surface area contributed by atoms with Gasteiger partial charge in [-0.3, -0.25) is 14.5 Å². The summed E-state index contributed by atoms with van der Waals surface area (Å²) in [5.74, 6) is -1.67. The molecular weight excluding hydrogens is 319 g/mol. The fraction of sp³-hybridized carbons (Fsp3) is 0.167. The zero-order valence-electron chi connectivity index (χ0n) is 9.69. The largest absolute Gasteiger partial charge is 0.395 e. The van der Waals surface area contributed by atoms with Gasteiger partial charge in [-0.25, -0.2) is 4.39 Å². The van der Waals surface area contributed by atoms with E-state index < -0.39 is 17.6 Å². The first kappa shape index (κ1) is 13.7. The molecule has 0 bridgehead atoms. The fourth-order valence-electron chi connectivity index (χ4n) is 1.66. The fourth-order valence-corrected chi connectivity index (χ4v) is 2.02. The summed E-state index contributed by atoms with van der Waals surface area (Å²) in [4.78, 5) is 24.2. The summed E-state index contributed by atoms with van der Waals surface area (Å²) >= 11 is 3.03. The lowest BCUT2D eigenvalue weighted by Gasteiger charge is -2.13. The molecule has 19 heavy (non-hydrogen) atoms. The summed E-state index contributed by atoms with van der Waals surface area (Å²) in [6, 6.07) is 4.57. The Morgan fingerprint density at radius 1 is 1.37 bits per heavy atom. The second-order valence-corrected chi connectivity index (χ2v) is 4.66. The molecular formula is C12H10BrFN2O3. The molecule has 0 saturated heterocycles. The molecule has 0 unspecified atom stereocenters. The molecule has 0 aliphatic carbocycles. The third-order valence-electron chi connectivity index (χ3n) is 2.55. The lowest BCUT2D eigenvalue weighted by molar-refractivity contribution is -0.137. The molecule has 2 amide bonds. The molecule has 7 heteroatoms. The number of amides is 2. The molecule has 0 radical (unpaired) electrons. The Hall–Kier alpha value is -1.73. The number of halogens is 2. The van der Waals surface area contributed by atoms with Crippen LogP contribution in [0.4, 0.5) is 10.1 Å². The minimum atomic E-state index is -0.585. The summed E-state index contributed by atoms with van der Waals surface area (Å²) in [6.45, 7) is -0.399. The number of anilines is 1. The maximum Gasteiger partial charge on any atom is 0.277 e. The number of carbonyl (C=O) groups is 2. The molecule has 100 valence electrons. The van der Waals surface area contributed by atoms with Crippen LogP contribution in [-0.2, 0) is 9.59 Å². The first-order valence-electron chi connectivity index (χ1n) is 5.44. The van der Waals surface area contributed by atoms with E-state index in [-0.39, 0.29) is 29.0 Å². The molecule has 0 aromatic heterocycles. The monoisotopic (exact) mass is 328 g/mol. The molecule has 0 atom stereocenters. The first-order chi connectivity index (χ1) is 9.04. The summed E-state index contributed by atoms with van der Waals surface area (Å²) in [7, 11) is 0. The average Bonchev–Trinajstić information content (AvgIpc) is 2.63. The van der Waals surface area contributed by atoms with Crippen molar-refractivity contribution < 1.29 is 19.1 Å². The second kappa shape index (κ2) is 5.50. The van der Waals surface area contributed by atoms with E-state index in [2.05, 4.69) is 21.2 Å². The minimum Gasteiger partial charge on any atom is -0.395 e. The van der Waals surface area contributed by atoms with Gasteiger partial charge in [0.2, 0.25) is 0 Å². The van der Waals surface area contributed by atoms with Gasteiger partial charge in [-0.1, -0.05) is 6.07 Å². The van der Waals surface area contributed by atoms with Crippen molar-refractivity contribution in [1.29, 1.82) is 0 Å². The van der Waals surface area contributed by atoms with Gasteiger partial charge in [0.05, 0.1) is 23.3 Å². The topological polar surface area (TPSA) is 69.6 Å². The van der Waals surface area contributed by atoms with Gasteiger partial charge in [-0.15, -0.1) is 0 Å². The molecule has 1 aromatic rings. The van der Waals surface area contributed by atoms with Crippen molar-refractivity contribution >= 4 is 33.4 Å². The molecule has 5 nitrogen and oxygen atoms in total. The maximum atomic E-state index is 13.7. The van der Waals surface area contributed by atoms with E-state index in [1.807, 2.05) is 0 Å². The molecule has 0 spiro atoms. The average molecular weight is 329 g/mol. The van der Waals surface area contributed by atoms with Crippen LogP contribution in [0.15, 0.2) is 34.4 Å². The van der Waals surface area contributed by atoms with Crippen molar-refractivity contribution in [2.24, 2.45) is 0 Å². The zero-order valence-corrected chi connectivity index (χ0v) is 11.3. The standard InChI is InChI=1S/C12H10BrFN2O3/c13-7-2-1-3-8(11(7)14)15-9-6-10(18)16(4-5-17)12(9)19/h1-3,6,15,17H,4-5H2. The highest BCUT2D eigenvalue weighted by molar-refractivity contribution is 9.10. The van der Waals surface area contributed by atoms with E-state index in [9.17, 15) is 14.0 Å². The maximum absolute atomic E-state index is 13.7. The zero-order chi connectivity index (χ0) is 14.0. The molecule has 1 aliphatic rings. The van der Waals surface area contributed by atoms with Gasteiger partial charge in [-0.05, 0) is 28.1 Å². The van der Waals surface area contributed by atoms with Crippen LogP contribution in [-0.4, -0.2) is 35.0 Å². The Bertz CT molecular complexity index is 574. The minimum absolute atomic E-state index is 0.0181. The van der Waals surface area contributed by atoms with Crippen molar-refractivity contribution in [2.45, 2.75) is 0 Å². The Kier molecular flexibility index (Phi) is 3.96. The molecule has 1 aliphatic heterocycles. The SMILES string of the molecule is O=C1C=C(Nc2cccc(Br)c2F)C(=O)N1CCO. The number of hydrogen-bond acceptors (Lipinski definition) is 4. The number of imide groups is 1. The van der Waals surface area contributed by atoms with Gasteiger partial charge in [0.25, 0.3) is 11.8 Å². The predicted molar refractivity (Wildman–Crippen MR) is 69.6 cm³/mol. The Morgan fingerprint density at radius 3 is 2.79 bits per heavy atom. The summed E-state index contributed by atoms with van der Waals surface area (Å²) < 4.78 is 14.0. The van der Waals surface area contributed by atoms with Crippen LogP contribution >= 0.6 is 15.9 Å². The highest BCUT2D eigenvalue weighted by Crippen LogP contribution is 2.25.